The summed E-state index contributed by atoms with van der Waals surface area (Å²) >= 11 is 6.12. The first kappa shape index (κ1) is 17.6. The summed E-state index contributed by atoms with van der Waals surface area (Å²) in [7, 11) is 1.53. The van der Waals surface area contributed by atoms with Gasteiger partial charge in [-0.2, -0.15) is 0 Å². The lowest BCUT2D eigenvalue weighted by molar-refractivity contribution is 0.0742. The van der Waals surface area contributed by atoms with Gasteiger partial charge in [0.05, 0.1) is 23.4 Å². The maximum Gasteiger partial charge on any atom is 0.257 e. The van der Waals surface area contributed by atoms with Gasteiger partial charge in [-0.05, 0) is 37.5 Å². The number of carbonyl (C=O) groups excluding carboxylic acids is 1. The summed E-state index contributed by atoms with van der Waals surface area (Å²) in [6.07, 6.45) is 0.946. The normalized spacial score (nSPS) is 19.9. The molecular formula is C20H23ClN2O2. The number of rotatable bonds is 3. The van der Waals surface area contributed by atoms with E-state index in [1.165, 1.54) is 18.2 Å². The van der Waals surface area contributed by atoms with Crippen LogP contribution in [0.5, 0.6) is 5.75 Å². The SMILES string of the molecule is COc1cc(N)c(Cl)cc1C(=O)N1CC(c2ccccc2C)CC1C. The predicted octanol–water partition coefficient (Wildman–Crippen LogP) is 4.26. The molecule has 1 aliphatic heterocycles. The second-order valence-corrected chi connectivity index (χ2v) is 7.08. The number of hydrogen-bond acceptors (Lipinski definition) is 3. The van der Waals surface area contributed by atoms with Crippen molar-refractivity contribution in [1.82, 2.24) is 4.90 Å². The largest absolute Gasteiger partial charge is 0.496 e. The van der Waals surface area contributed by atoms with Crippen molar-refractivity contribution in [3.05, 3.63) is 58.1 Å². The molecule has 5 heteroatoms. The maximum atomic E-state index is 13.1. The minimum atomic E-state index is -0.0673. The zero-order valence-electron chi connectivity index (χ0n) is 14.8. The first-order valence-electron chi connectivity index (χ1n) is 8.42. The lowest BCUT2D eigenvalue weighted by Crippen LogP contribution is -2.34. The van der Waals surface area contributed by atoms with E-state index in [0.717, 1.165) is 6.42 Å². The Bertz CT molecular complexity index is 806. The number of carbonyl (C=O) groups is 1. The third-order valence-corrected chi connectivity index (χ3v) is 5.34. The van der Waals surface area contributed by atoms with Crippen LogP contribution in [0.2, 0.25) is 5.02 Å². The quantitative estimate of drug-likeness (QED) is 0.834. The molecule has 0 radical (unpaired) electrons. The van der Waals surface area contributed by atoms with Crippen molar-refractivity contribution >= 4 is 23.2 Å². The van der Waals surface area contributed by atoms with Gasteiger partial charge in [0, 0.05) is 24.6 Å². The van der Waals surface area contributed by atoms with E-state index in [1.807, 2.05) is 11.0 Å². The van der Waals surface area contributed by atoms with E-state index >= 15 is 0 Å². The number of aryl methyl sites for hydroxylation is 1. The summed E-state index contributed by atoms with van der Waals surface area (Å²) in [4.78, 5) is 15.0. The van der Waals surface area contributed by atoms with Crippen molar-refractivity contribution in [3.63, 3.8) is 0 Å². The van der Waals surface area contributed by atoms with Crippen molar-refractivity contribution in [2.75, 3.05) is 19.4 Å². The standard InChI is InChI=1S/C20H23ClN2O2/c1-12-6-4-5-7-15(12)14-8-13(2)23(11-14)20(24)16-9-17(21)18(22)10-19(16)25-3/h4-7,9-10,13-14H,8,11,22H2,1-3H3. The zero-order chi connectivity index (χ0) is 18.1. The summed E-state index contributed by atoms with van der Waals surface area (Å²) in [5.74, 6) is 0.733. The van der Waals surface area contributed by atoms with Crippen LogP contribution in [0, 0.1) is 6.92 Å². The van der Waals surface area contributed by atoms with Gasteiger partial charge in [0.15, 0.2) is 0 Å². The van der Waals surface area contributed by atoms with E-state index in [1.54, 1.807) is 12.1 Å². The van der Waals surface area contributed by atoms with Gasteiger partial charge in [0.1, 0.15) is 5.75 Å². The highest BCUT2D eigenvalue weighted by Crippen LogP contribution is 2.36. The van der Waals surface area contributed by atoms with E-state index in [0.29, 0.717) is 34.5 Å². The summed E-state index contributed by atoms with van der Waals surface area (Å²) in [6.45, 7) is 4.89. The van der Waals surface area contributed by atoms with Crippen LogP contribution in [0.1, 0.15) is 40.7 Å². The second kappa shape index (κ2) is 6.96. The van der Waals surface area contributed by atoms with E-state index < -0.39 is 0 Å². The number of anilines is 1. The Hall–Kier alpha value is -2.20. The molecule has 0 aliphatic carbocycles. The predicted molar refractivity (Wildman–Crippen MR) is 101 cm³/mol. The number of halogens is 1. The summed E-state index contributed by atoms with van der Waals surface area (Å²) in [6, 6.07) is 11.7. The van der Waals surface area contributed by atoms with Gasteiger partial charge in [0.2, 0.25) is 0 Å². The summed E-state index contributed by atoms with van der Waals surface area (Å²) in [5.41, 5.74) is 9.26. The molecule has 1 heterocycles. The van der Waals surface area contributed by atoms with E-state index in [2.05, 4.69) is 32.0 Å². The lowest BCUT2D eigenvalue weighted by atomic mass is 9.93. The Morgan fingerprint density at radius 1 is 1.32 bits per heavy atom. The van der Waals surface area contributed by atoms with Crippen LogP contribution in [0.25, 0.3) is 0 Å². The number of amides is 1. The molecule has 4 nitrogen and oxygen atoms in total. The monoisotopic (exact) mass is 358 g/mol. The minimum absolute atomic E-state index is 0.0673. The number of hydrogen-bond donors (Lipinski definition) is 1. The highest BCUT2D eigenvalue weighted by molar-refractivity contribution is 6.33. The molecule has 2 N–H and O–H groups in total. The molecule has 2 aromatic carbocycles. The number of nitrogens with two attached hydrogens (primary N) is 1. The van der Waals surface area contributed by atoms with Crippen LogP contribution in [0.3, 0.4) is 0 Å². The first-order valence-corrected chi connectivity index (χ1v) is 8.79. The number of ether oxygens (including phenoxy) is 1. The number of methoxy groups -OCH3 is 1. The Kier molecular flexibility index (Phi) is 4.91. The molecule has 25 heavy (non-hydrogen) atoms. The van der Waals surface area contributed by atoms with Crippen LogP contribution < -0.4 is 10.5 Å². The second-order valence-electron chi connectivity index (χ2n) is 6.67. The van der Waals surface area contributed by atoms with Crippen molar-refractivity contribution in [2.24, 2.45) is 0 Å². The molecular weight excluding hydrogens is 336 g/mol. The highest BCUT2D eigenvalue weighted by atomic mass is 35.5. The molecule has 3 rings (SSSR count). The Labute approximate surface area is 153 Å². The van der Waals surface area contributed by atoms with Gasteiger partial charge in [-0.25, -0.2) is 0 Å². The fraction of sp³-hybridized carbons (Fsp3) is 0.350. The molecule has 0 aromatic heterocycles. The number of nitrogens with zero attached hydrogens (tertiary/aromatic N) is 1. The van der Waals surface area contributed by atoms with Crippen molar-refractivity contribution in [3.8, 4) is 5.75 Å². The molecule has 132 valence electrons. The molecule has 1 fully saturated rings. The van der Waals surface area contributed by atoms with Gasteiger partial charge >= 0.3 is 0 Å². The van der Waals surface area contributed by atoms with Crippen LogP contribution in [0.15, 0.2) is 36.4 Å². The lowest BCUT2D eigenvalue weighted by Gasteiger charge is -2.23. The minimum Gasteiger partial charge on any atom is -0.496 e. The molecule has 2 aromatic rings. The van der Waals surface area contributed by atoms with Crippen LogP contribution >= 0.6 is 11.6 Å². The molecule has 0 saturated carbocycles. The Morgan fingerprint density at radius 3 is 2.72 bits per heavy atom. The molecule has 2 atom stereocenters. The Balaban J connectivity index is 1.89. The maximum absolute atomic E-state index is 13.1. The van der Waals surface area contributed by atoms with Crippen molar-refractivity contribution in [2.45, 2.75) is 32.2 Å². The van der Waals surface area contributed by atoms with Crippen molar-refractivity contribution in [1.29, 1.82) is 0 Å². The molecule has 1 aliphatic rings. The summed E-state index contributed by atoms with van der Waals surface area (Å²) < 4.78 is 5.34. The van der Waals surface area contributed by atoms with Gasteiger partial charge in [-0.3, -0.25) is 4.79 Å². The third-order valence-electron chi connectivity index (χ3n) is 5.01. The van der Waals surface area contributed by atoms with E-state index in [-0.39, 0.29) is 11.9 Å². The molecule has 2 unspecified atom stereocenters. The fourth-order valence-corrected chi connectivity index (χ4v) is 3.81. The Morgan fingerprint density at radius 2 is 2.04 bits per heavy atom. The number of benzene rings is 2. The highest BCUT2D eigenvalue weighted by Gasteiger charge is 2.35. The van der Waals surface area contributed by atoms with Gasteiger partial charge < -0.3 is 15.4 Å². The average Bonchev–Trinajstić information content (AvgIpc) is 2.98. The van der Waals surface area contributed by atoms with E-state index in [4.69, 9.17) is 22.1 Å². The molecule has 0 bridgehead atoms. The topological polar surface area (TPSA) is 55.6 Å². The van der Waals surface area contributed by atoms with Crippen LogP contribution in [0.4, 0.5) is 5.69 Å². The third kappa shape index (κ3) is 3.31. The van der Waals surface area contributed by atoms with E-state index in [9.17, 15) is 4.79 Å². The smallest absolute Gasteiger partial charge is 0.257 e. The van der Waals surface area contributed by atoms with Gasteiger partial charge in [0.25, 0.3) is 5.91 Å². The van der Waals surface area contributed by atoms with Gasteiger partial charge in [-0.15, -0.1) is 0 Å². The van der Waals surface area contributed by atoms with Crippen molar-refractivity contribution < 1.29 is 9.53 Å². The molecule has 1 saturated heterocycles. The number of likely N-dealkylation sites (tertiary alicyclic amines) is 1. The summed E-state index contributed by atoms with van der Waals surface area (Å²) in [5, 5.41) is 0.367. The van der Waals surface area contributed by atoms with Crippen LogP contribution in [-0.2, 0) is 0 Å². The molecule has 0 spiro atoms. The van der Waals surface area contributed by atoms with Gasteiger partial charge in [-0.1, -0.05) is 35.9 Å². The first-order chi connectivity index (χ1) is 11.9. The molecule has 1 amide bonds. The number of nitrogen functional groups attached to an aromatic ring is 1. The average molecular weight is 359 g/mol. The zero-order valence-corrected chi connectivity index (χ0v) is 15.5. The van der Waals surface area contributed by atoms with Crippen LogP contribution in [-0.4, -0.2) is 30.5 Å². The fourth-order valence-electron chi connectivity index (χ4n) is 3.64.